The molecule has 1 fully saturated rings. The molecule has 1 N–H and O–H groups in total. The van der Waals surface area contributed by atoms with Gasteiger partial charge < -0.3 is 9.63 Å². The Balaban J connectivity index is 1.68. The number of aromatic nitrogens is 2. The van der Waals surface area contributed by atoms with Gasteiger partial charge in [-0.2, -0.15) is 4.98 Å². The van der Waals surface area contributed by atoms with Gasteiger partial charge in [0.1, 0.15) is 0 Å². The summed E-state index contributed by atoms with van der Waals surface area (Å²) in [5, 5.41) is 14.0. The average molecular weight is 287 g/mol. The highest BCUT2D eigenvalue weighted by atomic mass is 16.5. The van der Waals surface area contributed by atoms with Crippen molar-refractivity contribution in [1.29, 1.82) is 0 Å². The average Bonchev–Trinajstić information content (AvgIpc) is 2.91. The van der Waals surface area contributed by atoms with Crippen molar-refractivity contribution in [2.24, 2.45) is 5.92 Å². The molecular formula is C16H21N3O2. The molecule has 2 heterocycles. The number of aliphatic hydroxyl groups is 1. The molecule has 2 aromatic rings. The minimum atomic E-state index is -0.266. The summed E-state index contributed by atoms with van der Waals surface area (Å²) in [5.74, 6) is 1.60. The van der Waals surface area contributed by atoms with Gasteiger partial charge in [-0.1, -0.05) is 35.8 Å². The van der Waals surface area contributed by atoms with E-state index in [9.17, 15) is 5.11 Å². The van der Waals surface area contributed by atoms with E-state index < -0.39 is 0 Å². The van der Waals surface area contributed by atoms with Gasteiger partial charge in [-0.15, -0.1) is 0 Å². The normalized spacial score (nSPS) is 23.4. The standard InChI is InChI=1S/C16H21N3O2/c1-11-4-3-5-13(8-11)16-17-15(21-18-16)10-19-7-6-12(2)14(20)9-19/h3-5,8,12,14,20H,6-7,9-10H2,1-2H3. The van der Waals surface area contributed by atoms with Crippen molar-refractivity contribution < 1.29 is 9.63 Å². The van der Waals surface area contributed by atoms with E-state index in [1.54, 1.807) is 0 Å². The number of β-amino-alcohol motifs (C(OH)–C–C–N with tert-alkyl or cyclic N) is 1. The smallest absolute Gasteiger partial charge is 0.241 e. The van der Waals surface area contributed by atoms with E-state index in [4.69, 9.17) is 4.52 Å². The molecular weight excluding hydrogens is 266 g/mol. The second-order valence-electron chi connectivity index (χ2n) is 5.95. The Hall–Kier alpha value is -1.72. The number of aryl methyl sites for hydroxylation is 1. The fourth-order valence-electron chi connectivity index (χ4n) is 2.67. The predicted octanol–water partition coefficient (Wildman–Crippen LogP) is 2.25. The van der Waals surface area contributed by atoms with Gasteiger partial charge in [-0.05, 0) is 31.9 Å². The van der Waals surface area contributed by atoms with Crippen LogP contribution in [0.15, 0.2) is 28.8 Å². The van der Waals surface area contributed by atoms with Crippen LogP contribution >= 0.6 is 0 Å². The van der Waals surface area contributed by atoms with Crippen LogP contribution in [-0.2, 0) is 6.54 Å². The molecule has 5 nitrogen and oxygen atoms in total. The lowest BCUT2D eigenvalue weighted by Gasteiger charge is -2.33. The van der Waals surface area contributed by atoms with Crippen molar-refractivity contribution >= 4 is 0 Å². The van der Waals surface area contributed by atoms with Crippen LogP contribution in [0.1, 0.15) is 24.8 Å². The lowest BCUT2D eigenvalue weighted by molar-refractivity contribution is 0.0220. The molecule has 0 aliphatic carbocycles. The SMILES string of the molecule is Cc1cccc(-c2noc(CN3CCC(C)C(O)C3)n2)c1. The first-order chi connectivity index (χ1) is 10.1. The van der Waals surface area contributed by atoms with Crippen molar-refractivity contribution in [2.75, 3.05) is 13.1 Å². The molecule has 1 aromatic carbocycles. The number of likely N-dealkylation sites (tertiary alicyclic amines) is 1. The summed E-state index contributed by atoms with van der Waals surface area (Å²) in [7, 11) is 0. The third-order valence-corrected chi connectivity index (χ3v) is 4.11. The zero-order valence-electron chi connectivity index (χ0n) is 12.5. The first-order valence-corrected chi connectivity index (χ1v) is 7.42. The Morgan fingerprint density at radius 2 is 2.29 bits per heavy atom. The summed E-state index contributed by atoms with van der Waals surface area (Å²) in [5.41, 5.74) is 2.14. The largest absolute Gasteiger partial charge is 0.392 e. The van der Waals surface area contributed by atoms with Crippen LogP contribution in [0.5, 0.6) is 0 Å². The van der Waals surface area contributed by atoms with Crippen molar-refractivity contribution in [2.45, 2.75) is 32.9 Å². The molecule has 3 rings (SSSR count). The Morgan fingerprint density at radius 1 is 1.43 bits per heavy atom. The topological polar surface area (TPSA) is 62.4 Å². The molecule has 0 bridgehead atoms. The fourth-order valence-corrected chi connectivity index (χ4v) is 2.67. The van der Waals surface area contributed by atoms with Crippen molar-refractivity contribution in [1.82, 2.24) is 15.0 Å². The third kappa shape index (κ3) is 3.31. The number of hydrogen-bond donors (Lipinski definition) is 1. The van der Waals surface area contributed by atoms with E-state index in [0.29, 0.717) is 30.7 Å². The maximum absolute atomic E-state index is 9.93. The maximum Gasteiger partial charge on any atom is 0.241 e. The molecule has 0 saturated carbocycles. The van der Waals surface area contributed by atoms with E-state index in [2.05, 4.69) is 22.0 Å². The quantitative estimate of drug-likeness (QED) is 0.938. The summed E-state index contributed by atoms with van der Waals surface area (Å²) < 4.78 is 5.34. The highest BCUT2D eigenvalue weighted by Crippen LogP contribution is 2.20. The van der Waals surface area contributed by atoms with Crippen molar-refractivity contribution in [3.05, 3.63) is 35.7 Å². The zero-order chi connectivity index (χ0) is 14.8. The molecule has 1 aliphatic rings. The van der Waals surface area contributed by atoms with Gasteiger partial charge in [-0.3, -0.25) is 4.90 Å². The van der Waals surface area contributed by atoms with Gasteiger partial charge in [0.2, 0.25) is 11.7 Å². The zero-order valence-corrected chi connectivity index (χ0v) is 12.5. The second kappa shape index (κ2) is 5.95. The summed E-state index contributed by atoms with van der Waals surface area (Å²) in [6, 6.07) is 8.05. The number of nitrogens with zero attached hydrogens (tertiary/aromatic N) is 3. The molecule has 112 valence electrons. The van der Waals surface area contributed by atoms with Crippen LogP contribution in [0.3, 0.4) is 0 Å². The van der Waals surface area contributed by atoms with Crippen molar-refractivity contribution in [3.8, 4) is 11.4 Å². The van der Waals surface area contributed by atoms with Crippen molar-refractivity contribution in [3.63, 3.8) is 0 Å². The predicted molar refractivity (Wildman–Crippen MR) is 79.5 cm³/mol. The summed E-state index contributed by atoms with van der Waals surface area (Å²) >= 11 is 0. The maximum atomic E-state index is 9.93. The minimum absolute atomic E-state index is 0.266. The number of benzene rings is 1. The van der Waals surface area contributed by atoms with Gasteiger partial charge in [0.05, 0.1) is 12.6 Å². The molecule has 1 aromatic heterocycles. The Morgan fingerprint density at radius 3 is 3.05 bits per heavy atom. The second-order valence-corrected chi connectivity index (χ2v) is 5.95. The number of rotatable bonds is 3. The number of aliphatic hydroxyl groups excluding tert-OH is 1. The highest BCUT2D eigenvalue weighted by molar-refractivity contribution is 5.55. The summed E-state index contributed by atoms with van der Waals surface area (Å²) in [6.07, 6.45) is 0.734. The molecule has 0 spiro atoms. The highest BCUT2D eigenvalue weighted by Gasteiger charge is 2.25. The lowest BCUT2D eigenvalue weighted by atomic mass is 9.96. The van der Waals surface area contributed by atoms with Crippen LogP contribution in [0.25, 0.3) is 11.4 Å². The first kappa shape index (κ1) is 14.2. The van der Waals surface area contributed by atoms with Crippen LogP contribution in [0, 0.1) is 12.8 Å². The van der Waals surface area contributed by atoms with Crippen LogP contribution in [-0.4, -0.2) is 39.3 Å². The van der Waals surface area contributed by atoms with Gasteiger partial charge in [0, 0.05) is 12.1 Å². The van der Waals surface area contributed by atoms with E-state index >= 15 is 0 Å². The minimum Gasteiger partial charge on any atom is -0.392 e. The van der Waals surface area contributed by atoms with Gasteiger partial charge >= 0.3 is 0 Å². The third-order valence-electron chi connectivity index (χ3n) is 4.11. The summed E-state index contributed by atoms with van der Waals surface area (Å²) in [4.78, 5) is 6.62. The Kier molecular flexibility index (Phi) is 4.03. The van der Waals surface area contributed by atoms with Gasteiger partial charge in [0.15, 0.2) is 0 Å². The number of hydrogen-bond acceptors (Lipinski definition) is 5. The fraction of sp³-hybridized carbons (Fsp3) is 0.500. The Bertz CT molecular complexity index is 611. The molecule has 5 heteroatoms. The van der Waals surface area contributed by atoms with E-state index in [1.807, 2.05) is 31.2 Å². The summed E-state index contributed by atoms with van der Waals surface area (Å²) in [6.45, 7) is 6.36. The molecule has 0 amide bonds. The lowest BCUT2D eigenvalue weighted by Crippen LogP contribution is -2.42. The van der Waals surface area contributed by atoms with E-state index in [1.165, 1.54) is 5.56 Å². The molecule has 2 atom stereocenters. The monoisotopic (exact) mass is 287 g/mol. The molecule has 1 saturated heterocycles. The van der Waals surface area contributed by atoms with Crippen LogP contribution in [0.2, 0.25) is 0 Å². The van der Waals surface area contributed by atoms with E-state index in [0.717, 1.165) is 18.5 Å². The van der Waals surface area contributed by atoms with Crippen LogP contribution in [0.4, 0.5) is 0 Å². The molecule has 1 aliphatic heterocycles. The molecule has 0 radical (unpaired) electrons. The molecule has 2 unspecified atom stereocenters. The Labute approximate surface area is 124 Å². The number of piperidine rings is 1. The van der Waals surface area contributed by atoms with E-state index in [-0.39, 0.29) is 6.10 Å². The first-order valence-electron chi connectivity index (χ1n) is 7.42. The van der Waals surface area contributed by atoms with Crippen LogP contribution < -0.4 is 0 Å². The van der Waals surface area contributed by atoms with Gasteiger partial charge in [0.25, 0.3) is 0 Å². The molecule has 21 heavy (non-hydrogen) atoms. The van der Waals surface area contributed by atoms with Gasteiger partial charge in [-0.25, -0.2) is 0 Å².